The molecule has 0 aromatic carbocycles. The first-order chi connectivity index (χ1) is 28.3. The molecule has 1 saturated heterocycles. The van der Waals surface area contributed by atoms with E-state index in [-0.39, 0.29) is 45.3 Å². The van der Waals surface area contributed by atoms with Gasteiger partial charge >= 0.3 is 5.97 Å². The number of sulfone groups is 1. The van der Waals surface area contributed by atoms with Crippen molar-refractivity contribution in [2.45, 2.75) is 131 Å². The number of nitriles is 1. The maximum Gasteiger partial charge on any atom is 0.310 e. The van der Waals surface area contributed by atoms with Gasteiger partial charge in [0.15, 0.2) is 9.84 Å². The summed E-state index contributed by atoms with van der Waals surface area (Å²) < 4.78 is 30.1. The number of carboxylic acid groups (broad SMARTS) is 1. The smallest absolute Gasteiger partial charge is 0.310 e. The number of aromatic nitrogens is 1. The van der Waals surface area contributed by atoms with Crippen molar-refractivity contribution in [3.8, 4) is 11.9 Å². The van der Waals surface area contributed by atoms with Crippen LogP contribution in [0.25, 0.3) is 0 Å². The highest BCUT2D eigenvalue weighted by Gasteiger charge is 2.70. The fourth-order valence-electron chi connectivity index (χ4n) is 15.6. The third kappa shape index (κ3) is 7.13. The molecule has 6 aliphatic carbocycles. The maximum absolute atomic E-state index is 12.8. The Morgan fingerprint density at radius 2 is 1.77 bits per heavy atom. The van der Waals surface area contributed by atoms with Gasteiger partial charge in [0.25, 0.3) is 0 Å². The number of aliphatic carboxylic acids is 1. The van der Waals surface area contributed by atoms with Crippen LogP contribution >= 0.6 is 0 Å². The normalized spacial score (nSPS) is 40.6. The first-order valence-corrected chi connectivity index (χ1v) is 25.1. The lowest BCUT2D eigenvalue weighted by molar-refractivity contribution is -0.221. The van der Waals surface area contributed by atoms with Crippen molar-refractivity contribution >= 4 is 15.8 Å². The van der Waals surface area contributed by atoms with Crippen LogP contribution in [0.3, 0.4) is 0 Å². The Kier molecular flexibility index (Phi) is 11.4. The fraction of sp³-hybridized carbons (Fsp3) is 0.740. The molecule has 2 heterocycles. The van der Waals surface area contributed by atoms with Gasteiger partial charge in [0.1, 0.15) is 0 Å². The van der Waals surface area contributed by atoms with Crippen molar-refractivity contribution in [2.75, 3.05) is 44.3 Å². The average molecular weight is 841 g/mol. The second kappa shape index (κ2) is 15.7. The summed E-state index contributed by atoms with van der Waals surface area (Å²) in [5.74, 6) is 3.15. The van der Waals surface area contributed by atoms with Crippen LogP contribution in [-0.4, -0.2) is 79.2 Å². The minimum absolute atomic E-state index is 0.0115. The van der Waals surface area contributed by atoms with E-state index in [1.165, 1.54) is 68.1 Å². The van der Waals surface area contributed by atoms with Crippen molar-refractivity contribution < 1.29 is 23.1 Å². The molecule has 60 heavy (non-hydrogen) atoms. The molecule has 1 aromatic heterocycles. The summed E-state index contributed by atoms with van der Waals surface area (Å²) in [6.07, 6.45) is 19.7. The number of hydrogen-bond acceptors (Lipinski definition) is 8. The highest BCUT2D eigenvalue weighted by molar-refractivity contribution is 7.91. The van der Waals surface area contributed by atoms with E-state index in [1.807, 2.05) is 0 Å². The number of carboxylic acids is 1. The van der Waals surface area contributed by atoms with Gasteiger partial charge in [-0.15, -0.1) is 0 Å². The quantitative estimate of drug-likeness (QED) is 0.209. The monoisotopic (exact) mass is 841 g/mol. The molecule has 1 aromatic rings. The molecule has 10 atom stereocenters. The van der Waals surface area contributed by atoms with Crippen LogP contribution in [0.5, 0.6) is 5.88 Å². The van der Waals surface area contributed by atoms with Crippen molar-refractivity contribution in [3.63, 3.8) is 0 Å². The average Bonchev–Trinajstić information content (AvgIpc) is 3.59. The zero-order chi connectivity index (χ0) is 42.9. The molecule has 0 amide bonds. The molecule has 10 heteroatoms. The lowest BCUT2D eigenvalue weighted by Crippen LogP contribution is -2.68. The molecule has 328 valence electrons. The van der Waals surface area contributed by atoms with Crippen LogP contribution in [0.15, 0.2) is 53.8 Å². The Hall–Kier alpha value is -3.00. The number of nitrogens with one attached hydrogen (secondary N) is 1. The molecule has 2 N–H and O–H groups in total. The van der Waals surface area contributed by atoms with Gasteiger partial charge < -0.3 is 20.1 Å². The third-order valence-electron chi connectivity index (χ3n) is 19.1. The van der Waals surface area contributed by atoms with Gasteiger partial charge in [0.2, 0.25) is 5.88 Å². The Morgan fingerprint density at radius 3 is 2.45 bits per heavy atom. The van der Waals surface area contributed by atoms with Crippen LogP contribution in [0.2, 0.25) is 0 Å². The Morgan fingerprint density at radius 1 is 1.00 bits per heavy atom. The maximum atomic E-state index is 12.8. The van der Waals surface area contributed by atoms with Crippen molar-refractivity contribution in [1.29, 1.82) is 5.26 Å². The molecule has 9 nitrogen and oxygen atoms in total. The molecule has 0 bridgehead atoms. The third-order valence-corrected chi connectivity index (χ3v) is 20.7. The van der Waals surface area contributed by atoms with Crippen LogP contribution in [0.4, 0.5) is 0 Å². The summed E-state index contributed by atoms with van der Waals surface area (Å²) in [5.41, 5.74) is 4.56. The van der Waals surface area contributed by atoms with Gasteiger partial charge in [-0.1, -0.05) is 58.9 Å². The Labute approximate surface area is 360 Å². The zero-order valence-corrected chi connectivity index (χ0v) is 38.3. The summed E-state index contributed by atoms with van der Waals surface area (Å²) in [5, 5.41) is 24.0. The Balaban J connectivity index is 0.987. The number of ether oxygens (including phenoxy) is 1. The molecule has 4 unspecified atom stereocenters. The molecular formula is C50H72N4O5S. The second-order valence-electron chi connectivity index (χ2n) is 21.9. The van der Waals surface area contributed by atoms with Crippen LogP contribution in [0.1, 0.15) is 131 Å². The molecule has 4 saturated carbocycles. The summed E-state index contributed by atoms with van der Waals surface area (Å²) in [4.78, 5) is 19.4. The summed E-state index contributed by atoms with van der Waals surface area (Å²) in [7, 11) is -2.88. The topological polar surface area (TPSA) is 133 Å². The van der Waals surface area contributed by atoms with Gasteiger partial charge in [-0.05, 0) is 159 Å². The molecule has 1 aliphatic heterocycles. The lowest BCUT2D eigenvalue weighted by Gasteiger charge is -2.72. The standard InChI is InChI=1S/C50H72N4O5S/c1-34(2)37-12-20-50(53-25-26-54-27-30-60(57,58)31-28-54)22-21-47(6)39(43(37)50)8-9-41-46(5)16-13-38(45(3,4)40(46)14-17-48(41,47)7)36-10-18-49(19-11-36,44(55)56)23-29-59-42-32-35(33-51)15-24-52-42/h10,13,15,24,32,37,39-41,43,53H,1,8-9,11-12,14,16-23,25-31H2,2-7H3,(H,55,56)/t37-,39+,40?,41?,43?,46-,47+,48+,49?,50-/m0/s1. The van der Waals surface area contributed by atoms with E-state index >= 15 is 0 Å². The van der Waals surface area contributed by atoms with E-state index in [1.54, 1.807) is 18.3 Å². The van der Waals surface area contributed by atoms with E-state index in [2.05, 4.69) is 81.5 Å². The summed E-state index contributed by atoms with van der Waals surface area (Å²) in [6.45, 7) is 23.3. The fourth-order valence-corrected chi connectivity index (χ4v) is 16.9. The predicted molar refractivity (Wildman–Crippen MR) is 237 cm³/mol. The molecule has 0 radical (unpaired) electrons. The number of hydrogen-bond donors (Lipinski definition) is 2. The van der Waals surface area contributed by atoms with E-state index < -0.39 is 21.2 Å². The number of carbonyl (C=O) groups is 1. The van der Waals surface area contributed by atoms with Gasteiger partial charge in [-0.3, -0.25) is 4.79 Å². The number of rotatable bonds is 11. The largest absolute Gasteiger partial charge is 0.481 e. The molecular weight excluding hydrogens is 769 g/mol. The minimum Gasteiger partial charge on any atom is -0.481 e. The second-order valence-corrected chi connectivity index (χ2v) is 24.2. The number of nitrogens with zero attached hydrogens (tertiary/aromatic N) is 3. The molecule has 8 rings (SSSR count). The molecule has 7 aliphatic rings. The van der Waals surface area contributed by atoms with Gasteiger partial charge in [0, 0.05) is 44.0 Å². The zero-order valence-electron chi connectivity index (χ0n) is 37.5. The molecule has 5 fully saturated rings. The van der Waals surface area contributed by atoms with Gasteiger partial charge in [-0.2, -0.15) is 5.26 Å². The lowest BCUT2D eigenvalue weighted by atomic mass is 9.33. The van der Waals surface area contributed by atoms with Crippen molar-refractivity contribution in [3.05, 3.63) is 59.3 Å². The van der Waals surface area contributed by atoms with E-state index in [0.29, 0.717) is 73.4 Å². The van der Waals surface area contributed by atoms with Gasteiger partial charge in [0.05, 0.1) is 35.2 Å². The van der Waals surface area contributed by atoms with Gasteiger partial charge in [-0.25, -0.2) is 13.4 Å². The SMILES string of the molecule is C=C(C)[C@@H]1CC[C@]2(NCCN3CCS(=O)(=O)CC3)CC[C@]3(C)[C@H](CCC4[C@@]5(C)CC=C(C6=CCC(CCOc7cc(C#N)ccn7)(C(=O)O)CC6)C(C)(C)C5CC[C@]43C)C12. The highest BCUT2D eigenvalue weighted by Crippen LogP contribution is 2.76. The predicted octanol–water partition coefficient (Wildman–Crippen LogP) is 9.17. The summed E-state index contributed by atoms with van der Waals surface area (Å²) >= 11 is 0. The van der Waals surface area contributed by atoms with E-state index in [4.69, 9.17) is 4.74 Å². The van der Waals surface area contributed by atoms with Crippen molar-refractivity contribution in [1.82, 2.24) is 15.2 Å². The summed E-state index contributed by atoms with van der Waals surface area (Å²) in [6, 6.07) is 5.34. The first kappa shape index (κ1) is 43.6. The first-order valence-electron chi connectivity index (χ1n) is 23.3. The minimum atomic E-state index is -2.88. The number of pyridine rings is 1. The van der Waals surface area contributed by atoms with Crippen LogP contribution in [0, 0.1) is 68.0 Å². The number of fused-ring (bicyclic) bond motifs is 7. The van der Waals surface area contributed by atoms with Crippen LogP contribution in [-0.2, 0) is 14.6 Å². The number of allylic oxidation sites excluding steroid dienone is 5. The highest BCUT2D eigenvalue weighted by atomic mass is 32.2. The van der Waals surface area contributed by atoms with Crippen molar-refractivity contribution in [2.24, 2.45) is 56.7 Å². The van der Waals surface area contributed by atoms with Crippen LogP contribution < -0.4 is 10.1 Å². The Bertz CT molecular complexity index is 2080. The molecule has 0 spiro atoms. The van der Waals surface area contributed by atoms with E-state index in [0.717, 1.165) is 25.9 Å². The van der Waals surface area contributed by atoms with E-state index in [9.17, 15) is 23.6 Å².